The number of aromatic nitrogens is 2. The van der Waals surface area contributed by atoms with Crippen LogP contribution < -0.4 is 11.1 Å². The largest absolute Gasteiger partial charge is 0.365 e. The van der Waals surface area contributed by atoms with Crippen LogP contribution in [0.3, 0.4) is 0 Å². The van der Waals surface area contributed by atoms with Crippen molar-refractivity contribution in [3.8, 4) is 0 Å². The average Bonchev–Trinajstić information content (AvgIpc) is 2.52. The predicted octanol–water partition coefficient (Wildman–Crippen LogP) is -0.314. The molecule has 0 aromatic carbocycles. The van der Waals surface area contributed by atoms with E-state index in [0.717, 1.165) is 0 Å². The number of carbonyl (C=O) groups is 2. The molecule has 0 saturated carbocycles. The van der Waals surface area contributed by atoms with Gasteiger partial charge in [-0.05, 0) is 0 Å². The number of amides is 2. The molecule has 70 valence electrons. The molecule has 1 aromatic rings. The number of anilines is 1. The Bertz CT molecular complexity index is 335. The van der Waals surface area contributed by atoms with E-state index in [1.165, 1.54) is 6.20 Å². The molecule has 7 heteroatoms. The summed E-state index contributed by atoms with van der Waals surface area (Å²) >= 11 is 5.24. The van der Waals surface area contributed by atoms with Gasteiger partial charge < -0.3 is 11.1 Å². The van der Waals surface area contributed by atoms with E-state index < -0.39 is 11.8 Å². The van der Waals surface area contributed by atoms with Crippen molar-refractivity contribution in [3.05, 3.63) is 11.8 Å². The minimum absolute atomic E-state index is 0.124. The number of halogens is 1. The van der Waals surface area contributed by atoms with Gasteiger partial charge >= 0.3 is 0 Å². The molecule has 0 aliphatic rings. The monoisotopic (exact) mass is 202 g/mol. The molecule has 4 N–H and O–H groups in total. The van der Waals surface area contributed by atoms with Crippen LogP contribution in [0.1, 0.15) is 10.4 Å². The third kappa shape index (κ3) is 2.19. The summed E-state index contributed by atoms with van der Waals surface area (Å²) in [5.41, 5.74) is 5.12. The van der Waals surface area contributed by atoms with Crippen LogP contribution in [0.15, 0.2) is 6.20 Å². The van der Waals surface area contributed by atoms with E-state index >= 15 is 0 Å². The van der Waals surface area contributed by atoms with Gasteiger partial charge in [0.25, 0.3) is 5.91 Å². The van der Waals surface area contributed by atoms with E-state index in [0.29, 0.717) is 0 Å². The quantitative estimate of drug-likeness (QED) is 0.586. The molecule has 6 nitrogen and oxygen atoms in total. The van der Waals surface area contributed by atoms with Gasteiger partial charge in [-0.25, -0.2) is 0 Å². The van der Waals surface area contributed by atoms with E-state index in [2.05, 4.69) is 15.5 Å². The van der Waals surface area contributed by atoms with Gasteiger partial charge in [-0.15, -0.1) is 11.6 Å². The van der Waals surface area contributed by atoms with Gasteiger partial charge in [0.1, 0.15) is 17.3 Å². The SMILES string of the molecule is NC(=O)c1cn[nH]c1NC(=O)CCl. The van der Waals surface area contributed by atoms with Gasteiger partial charge in [0.15, 0.2) is 0 Å². The molecule has 0 atom stereocenters. The van der Waals surface area contributed by atoms with Crippen molar-refractivity contribution in [1.29, 1.82) is 0 Å². The second kappa shape index (κ2) is 3.90. The molecular weight excluding hydrogens is 196 g/mol. The van der Waals surface area contributed by atoms with Crippen molar-refractivity contribution in [2.75, 3.05) is 11.2 Å². The van der Waals surface area contributed by atoms with Gasteiger partial charge in [-0.2, -0.15) is 5.10 Å². The number of H-pyrrole nitrogens is 1. The molecule has 0 radical (unpaired) electrons. The molecule has 0 aliphatic heterocycles. The zero-order valence-electron chi connectivity index (χ0n) is 6.50. The smallest absolute Gasteiger partial charge is 0.254 e. The number of aromatic amines is 1. The number of alkyl halides is 1. The Labute approximate surface area is 78.4 Å². The van der Waals surface area contributed by atoms with E-state index in [1.54, 1.807) is 0 Å². The Kier molecular flexibility index (Phi) is 2.86. The minimum atomic E-state index is -0.668. The Morgan fingerprint density at radius 3 is 2.92 bits per heavy atom. The van der Waals surface area contributed by atoms with Crippen LogP contribution in [0.25, 0.3) is 0 Å². The van der Waals surface area contributed by atoms with E-state index in [1.807, 2.05) is 0 Å². The first-order chi connectivity index (χ1) is 6.15. The zero-order chi connectivity index (χ0) is 9.84. The number of primary amides is 1. The maximum absolute atomic E-state index is 10.8. The van der Waals surface area contributed by atoms with Crippen molar-refractivity contribution >= 4 is 29.2 Å². The van der Waals surface area contributed by atoms with Gasteiger partial charge in [0, 0.05) is 0 Å². The van der Waals surface area contributed by atoms with Crippen LogP contribution >= 0.6 is 11.6 Å². The highest BCUT2D eigenvalue weighted by Gasteiger charge is 2.11. The van der Waals surface area contributed by atoms with Crippen LogP contribution in [0.4, 0.5) is 5.82 Å². The fraction of sp³-hybridized carbons (Fsp3) is 0.167. The topological polar surface area (TPSA) is 101 Å². The number of hydrogen-bond donors (Lipinski definition) is 3. The summed E-state index contributed by atoms with van der Waals surface area (Å²) in [5, 5.41) is 8.29. The lowest BCUT2D eigenvalue weighted by Gasteiger charge is -1.99. The standard InChI is InChI=1S/C6H7ClN4O2/c7-1-4(12)10-6-3(5(8)13)2-9-11-6/h2H,1H2,(H2,8,13)(H2,9,10,11,12). The number of rotatable bonds is 3. The number of hydrogen-bond acceptors (Lipinski definition) is 3. The third-order valence-electron chi connectivity index (χ3n) is 1.29. The Morgan fingerprint density at radius 2 is 2.38 bits per heavy atom. The molecule has 0 fully saturated rings. The molecule has 1 aromatic heterocycles. The highest BCUT2D eigenvalue weighted by Crippen LogP contribution is 2.09. The van der Waals surface area contributed by atoms with Gasteiger partial charge in [0.2, 0.25) is 5.91 Å². The summed E-state index contributed by atoms with van der Waals surface area (Å²) in [6.45, 7) is 0. The number of nitrogens with zero attached hydrogens (tertiary/aromatic N) is 1. The first-order valence-electron chi connectivity index (χ1n) is 3.34. The highest BCUT2D eigenvalue weighted by molar-refractivity contribution is 6.29. The number of nitrogens with two attached hydrogens (primary N) is 1. The fourth-order valence-corrected chi connectivity index (χ4v) is 0.808. The molecular formula is C6H7ClN4O2. The first-order valence-corrected chi connectivity index (χ1v) is 3.87. The second-order valence-corrected chi connectivity index (χ2v) is 2.47. The van der Waals surface area contributed by atoms with Crippen molar-refractivity contribution in [3.63, 3.8) is 0 Å². The van der Waals surface area contributed by atoms with Crippen molar-refractivity contribution < 1.29 is 9.59 Å². The molecule has 13 heavy (non-hydrogen) atoms. The van der Waals surface area contributed by atoms with Crippen LogP contribution in [-0.4, -0.2) is 27.9 Å². The van der Waals surface area contributed by atoms with Crippen LogP contribution in [0, 0.1) is 0 Å². The molecule has 0 unspecified atom stereocenters. The minimum Gasteiger partial charge on any atom is -0.365 e. The average molecular weight is 203 g/mol. The summed E-state index contributed by atoms with van der Waals surface area (Å²) in [5.74, 6) is -1.14. The summed E-state index contributed by atoms with van der Waals surface area (Å²) in [7, 11) is 0. The molecule has 0 bridgehead atoms. The van der Waals surface area contributed by atoms with Crippen LogP contribution in [0.2, 0.25) is 0 Å². The van der Waals surface area contributed by atoms with Gasteiger partial charge in [0.05, 0.1) is 6.20 Å². The van der Waals surface area contributed by atoms with E-state index in [9.17, 15) is 9.59 Å². The highest BCUT2D eigenvalue weighted by atomic mass is 35.5. The molecule has 1 heterocycles. The predicted molar refractivity (Wildman–Crippen MR) is 46.5 cm³/mol. The lowest BCUT2D eigenvalue weighted by atomic mass is 10.3. The van der Waals surface area contributed by atoms with Crippen molar-refractivity contribution in [1.82, 2.24) is 10.2 Å². The molecule has 0 aliphatic carbocycles. The summed E-state index contributed by atoms with van der Waals surface area (Å²) in [4.78, 5) is 21.5. The van der Waals surface area contributed by atoms with Crippen LogP contribution in [-0.2, 0) is 4.79 Å². The van der Waals surface area contributed by atoms with E-state index in [-0.39, 0.29) is 17.3 Å². The molecule has 0 saturated heterocycles. The molecule has 0 spiro atoms. The van der Waals surface area contributed by atoms with Crippen molar-refractivity contribution in [2.45, 2.75) is 0 Å². The normalized spacial score (nSPS) is 9.62. The second-order valence-electron chi connectivity index (χ2n) is 2.20. The van der Waals surface area contributed by atoms with Gasteiger partial charge in [-0.1, -0.05) is 0 Å². The zero-order valence-corrected chi connectivity index (χ0v) is 7.26. The number of carbonyl (C=O) groups excluding carboxylic acids is 2. The first kappa shape index (κ1) is 9.53. The number of nitrogens with one attached hydrogen (secondary N) is 2. The molecule has 2 amide bonds. The summed E-state index contributed by atoms with van der Waals surface area (Å²) in [6.07, 6.45) is 1.23. The maximum Gasteiger partial charge on any atom is 0.254 e. The van der Waals surface area contributed by atoms with E-state index in [4.69, 9.17) is 17.3 Å². The van der Waals surface area contributed by atoms with Crippen molar-refractivity contribution in [2.24, 2.45) is 5.73 Å². The summed E-state index contributed by atoms with van der Waals surface area (Å²) < 4.78 is 0. The molecule has 1 rings (SSSR count). The van der Waals surface area contributed by atoms with Crippen LogP contribution in [0.5, 0.6) is 0 Å². The Balaban J connectivity index is 2.82. The Hall–Kier alpha value is -1.56. The Morgan fingerprint density at radius 1 is 1.69 bits per heavy atom. The lowest BCUT2D eigenvalue weighted by Crippen LogP contribution is -2.18. The summed E-state index contributed by atoms with van der Waals surface area (Å²) in [6, 6.07) is 0. The fourth-order valence-electron chi connectivity index (χ4n) is 0.741. The van der Waals surface area contributed by atoms with Gasteiger partial charge in [-0.3, -0.25) is 14.7 Å². The third-order valence-corrected chi connectivity index (χ3v) is 1.53. The maximum atomic E-state index is 10.8. The lowest BCUT2D eigenvalue weighted by molar-refractivity contribution is -0.113.